The number of thioether (sulfide) groups is 1. The Labute approximate surface area is 166 Å². The van der Waals surface area contributed by atoms with Gasteiger partial charge in [0.15, 0.2) is 5.78 Å². The van der Waals surface area contributed by atoms with Gasteiger partial charge in [0.1, 0.15) is 0 Å². The minimum Gasteiger partial charge on any atom is -0.326 e. The summed E-state index contributed by atoms with van der Waals surface area (Å²) in [5.41, 5.74) is -1.39. The van der Waals surface area contributed by atoms with Crippen LogP contribution in [0.25, 0.3) is 0 Å². The van der Waals surface area contributed by atoms with E-state index in [1.54, 1.807) is 0 Å². The molecule has 3 nitrogen and oxygen atoms in total. The van der Waals surface area contributed by atoms with Crippen LogP contribution in [0.4, 0.5) is 0 Å². The van der Waals surface area contributed by atoms with E-state index in [0.717, 1.165) is 5.75 Å². The lowest BCUT2D eigenvalue weighted by Gasteiger charge is -2.46. The molecule has 0 bridgehead atoms. The number of hydrogen-bond donors (Lipinski definition) is 0. The summed E-state index contributed by atoms with van der Waals surface area (Å²) in [5, 5.41) is 0.481. The molecule has 1 fully saturated rings. The number of carbonyl (C=O) groups excluding carboxylic acids is 2. The zero-order valence-electron chi connectivity index (χ0n) is 19.1. The van der Waals surface area contributed by atoms with Crippen molar-refractivity contribution in [2.45, 2.75) is 99.9 Å². The lowest BCUT2D eigenvalue weighted by molar-refractivity contribution is -0.151. The molecule has 0 spiro atoms. The van der Waals surface area contributed by atoms with Crippen LogP contribution >= 0.6 is 11.8 Å². The fourth-order valence-electron chi connectivity index (χ4n) is 4.01. The van der Waals surface area contributed by atoms with Gasteiger partial charge in [0.05, 0.1) is 11.5 Å². The van der Waals surface area contributed by atoms with E-state index in [0.29, 0.717) is 5.25 Å². The van der Waals surface area contributed by atoms with Crippen LogP contribution in [0.2, 0.25) is 0 Å². The molecule has 0 aromatic heterocycles. The van der Waals surface area contributed by atoms with Crippen molar-refractivity contribution in [3.63, 3.8) is 0 Å². The Kier molecular flexibility index (Phi) is 6.47. The van der Waals surface area contributed by atoms with Crippen LogP contribution in [0.15, 0.2) is 0 Å². The van der Waals surface area contributed by atoms with E-state index in [1.807, 2.05) is 44.4 Å². The molecule has 1 heterocycles. The standard InChI is InChI=1S/C22H41NO2S/c1-14(2)16(24)17-20(7,8)21(9,10)22(11,12)23(17)18(25)19(5,6)13-26-15(3)4/h14-15,17H,13H2,1-12H3/t17-/m1/s1. The van der Waals surface area contributed by atoms with Gasteiger partial charge in [0.25, 0.3) is 0 Å². The van der Waals surface area contributed by atoms with Crippen LogP contribution in [0.3, 0.4) is 0 Å². The molecule has 1 atom stereocenters. The maximum Gasteiger partial charge on any atom is 0.230 e. The van der Waals surface area contributed by atoms with Crippen LogP contribution < -0.4 is 0 Å². The highest BCUT2D eigenvalue weighted by Gasteiger charge is 2.67. The van der Waals surface area contributed by atoms with Gasteiger partial charge in [-0.15, -0.1) is 0 Å². The predicted molar refractivity (Wildman–Crippen MR) is 113 cm³/mol. The third-order valence-corrected chi connectivity index (χ3v) is 8.65. The largest absolute Gasteiger partial charge is 0.326 e. The lowest BCUT2D eigenvalue weighted by Crippen LogP contribution is -2.57. The smallest absolute Gasteiger partial charge is 0.230 e. The number of nitrogens with zero attached hydrogens (tertiary/aromatic N) is 1. The molecule has 1 aliphatic rings. The Morgan fingerprint density at radius 3 is 1.85 bits per heavy atom. The molecule has 1 aliphatic heterocycles. The van der Waals surface area contributed by atoms with Gasteiger partial charge < -0.3 is 4.90 Å². The van der Waals surface area contributed by atoms with Crippen LogP contribution in [-0.2, 0) is 9.59 Å². The van der Waals surface area contributed by atoms with Crippen molar-refractivity contribution in [2.75, 3.05) is 5.75 Å². The van der Waals surface area contributed by atoms with Gasteiger partial charge in [-0.2, -0.15) is 11.8 Å². The average Bonchev–Trinajstić information content (AvgIpc) is 2.58. The summed E-state index contributed by atoms with van der Waals surface area (Å²) >= 11 is 1.81. The first-order chi connectivity index (χ1) is 11.4. The van der Waals surface area contributed by atoms with E-state index in [1.165, 1.54) is 0 Å². The summed E-state index contributed by atoms with van der Waals surface area (Å²) < 4.78 is 0. The number of carbonyl (C=O) groups is 2. The molecule has 0 radical (unpaired) electrons. The summed E-state index contributed by atoms with van der Waals surface area (Å²) in [6.45, 7) is 25.2. The van der Waals surface area contributed by atoms with Gasteiger partial charge in [0, 0.05) is 17.2 Å². The van der Waals surface area contributed by atoms with E-state index >= 15 is 0 Å². The highest BCUT2D eigenvalue weighted by Crippen LogP contribution is 2.60. The third kappa shape index (κ3) is 3.59. The second kappa shape index (κ2) is 7.14. The van der Waals surface area contributed by atoms with E-state index in [9.17, 15) is 9.59 Å². The van der Waals surface area contributed by atoms with Gasteiger partial charge in [-0.05, 0) is 29.9 Å². The number of amides is 1. The zero-order valence-corrected chi connectivity index (χ0v) is 19.9. The summed E-state index contributed by atoms with van der Waals surface area (Å²) in [5.74, 6) is 0.953. The minimum absolute atomic E-state index is 0.0903. The molecule has 1 rings (SSSR count). The number of hydrogen-bond acceptors (Lipinski definition) is 3. The van der Waals surface area contributed by atoms with Crippen LogP contribution in [0.1, 0.15) is 83.1 Å². The third-order valence-electron chi connectivity index (χ3n) is 7.10. The SMILES string of the molecule is CC(C)SCC(C)(C)C(=O)N1[C@H](C(=O)C(C)C)C(C)(C)C(C)(C)C1(C)C. The van der Waals surface area contributed by atoms with E-state index in [-0.39, 0.29) is 34.5 Å². The van der Waals surface area contributed by atoms with E-state index < -0.39 is 11.0 Å². The summed E-state index contributed by atoms with van der Waals surface area (Å²) in [7, 11) is 0. The van der Waals surface area contributed by atoms with Crippen LogP contribution in [0.5, 0.6) is 0 Å². The number of Topliss-reactive ketones (excluding diaryl/α,β-unsaturated/α-hetero) is 1. The number of rotatable bonds is 6. The van der Waals surface area contributed by atoms with Crippen LogP contribution in [0, 0.1) is 22.2 Å². The molecule has 0 unspecified atom stereocenters. The molecule has 4 heteroatoms. The van der Waals surface area contributed by atoms with Crippen molar-refractivity contribution in [1.82, 2.24) is 4.90 Å². The Balaban J connectivity index is 3.48. The first kappa shape index (κ1) is 23.5. The minimum atomic E-state index is -0.502. The van der Waals surface area contributed by atoms with Gasteiger partial charge >= 0.3 is 0 Å². The second-order valence-electron chi connectivity index (χ2n) is 10.8. The fraction of sp³-hybridized carbons (Fsp3) is 0.909. The monoisotopic (exact) mass is 383 g/mol. The van der Waals surface area contributed by atoms with Crippen molar-refractivity contribution in [3.05, 3.63) is 0 Å². The molecule has 0 aromatic carbocycles. The summed E-state index contributed by atoms with van der Waals surface area (Å²) in [6, 6.07) is -0.386. The van der Waals surface area contributed by atoms with Crippen LogP contribution in [-0.4, -0.2) is 39.2 Å². The quantitative estimate of drug-likeness (QED) is 0.614. The summed E-state index contributed by atoms with van der Waals surface area (Å²) in [4.78, 5) is 29.0. The Bertz CT molecular complexity index is 558. The molecule has 0 saturated carbocycles. The van der Waals surface area contributed by atoms with Crippen molar-refractivity contribution < 1.29 is 9.59 Å². The molecule has 1 amide bonds. The maximum atomic E-state index is 13.8. The second-order valence-corrected chi connectivity index (χ2v) is 12.3. The van der Waals surface area contributed by atoms with Gasteiger partial charge in [0.2, 0.25) is 5.91 Å². The molecule has 1 saturated heterocycles. The zero-order chi connectivity index (χ0) is 20.9. The first-order valence-corrected chi connectivity index (χ1v) is 11.0. The topological polar surface area (TPSA) is 37.4 Å². The highest BCUT2D eigenvalue weighted by atomic mass is 32.2. The van der Waals surface area contributed by atoms with E-state index in [4.69, 9.17) is 0 Å². The lowest BCUT2D eigenvalue weighted by atomic mass is 9.59. The normalized spacial score (nSPS) is 24.4. The molecule has 0 N–H and O–H groups in total. The molecule has 26 heavy (non-hydrogen) atoms. The predicted octanol–water partition coefficient (Wildman–Crippen LogP) is 5.42. The first-order valence-electron chi connectivity index (χ1n) is 9.92. The van der Waals surface area contributed by atoms with Gasteiger partial charge in [-0.25, -0.2) is 0 Å². The number of likely N-dealkylation sites (tertiary alicyclic amines) is 1. The van der Waals surface area contributed by atoms with Crippen molar-refractivity contribution in [2.24, 2.45) is 22.2 Å². The molecule has 152 valence electrons. The Morgan fingerprint density at radius 2 is 1.46 bits per heavy atom. The van der Waals surface area contributed by atoms with Gasteiger partial charge in [-0.3, -0.25) is 9.59 Å². The molecule has 0 aromatic rings. The Hall–Kier alpha value is -0.510. The fourth-order valence-corrected chi connectivity index (χ4v) is 4.88. The average molecular weight is 384 g/mol. The maximum absolute atomic E-state index is 13.8. The number of ketones is 1. The van der Waals surface area contributed by atoms with Crippen molar-refractivity contribution >= 4 is 23.5 Å². The summed E-state index contributed by atoms with van der Waals surface area (Å²) in [6.07, 6.45) is 0. The van der Waals surface area contributed by atoms with E-state index in [2.05, 4.69) is 55.4 Å². The Morgan fingerprint density at radius 1 is 1.00 bits per heavy atom. The van der Waals surface area contributed by atoms with Crippen molar-refractivity contribution in [1.29, 1.82) is 0 Å². The molecular formula is C22H41NO2S. The molecular weight excluding hydrogens is 342 g/mol. The van der Waals surface area contributed by atoms with Crippen molar-refractivity contribution in [3.8, 4) is 0 Å². The highest BCUT2D eigenvalue weighted by molar-refractivity contribution is 7.99. The van der Waals surface area contributed by atoms with Gasteiger partial charge in [-0.1, -0.05) is 69.2 Å². The molecule has 0 aliphatic carbocycles.